The van der Waals surface area contributed by atoms with Crippen molar-refractivity contribution in [2.75, 3.05) is 19.5 Å². The van der Waals surface area contributed by atoms with Gasteiger partial charge in [0.2, 0.25) is 5.78 Å². The van der Waals surface area contributed by atoms with E-state index in [-0.39, 0.29) is 17.0 Å². The van der Waals surface area contributed by atoms with Crippen LogP contribution < -0.4 is 10.5 Å². The lowest BCUT2D eigenvalue weighted by Gasteiger charge is -2.12. The van der Waals surface area contributed by atoms with E-state index in [9.17, 15) is 9.59 Å². The molecule has 0 aliphatic heterocycles. The Morgan fingerprint density at radius 3 is 2.68 bits per heavy atom. The molecule has 0 bridgehead atoms. The zero-order valence-electron chi connectivity index (χ0n) is 15.6. The van der Waals surface area contributed by atoms with Crippen LogP contribution in [0.15, 0.2) is 40.7 Å². The molecule has 28 heavy (non-hydrogen) atoms. The van der Waals surface area contributed by atoms with Gasteiger partial charge in [-0.05, 0) is 26.0 Å². The fourth-order valence-corrected chi connectivity index (χ4v) is 3.07. The summed E-state index contributed by atoms with van der Waals surface area (Å²) in [4.78, 5) is 23.8. The first-order valence-corrected chi connectivity index (χ1v) is 9.11. The number of aromatic nitrogens is 3. The second-order valence-electron chi connectivity index (χ2n) is 5.58. The van der Waals surface area contributed by atoms with E-state index in [0.29, 0.717) is 16.7 Å². The van der Waals surface area contributed by atoms with Gasteiger partial charge in [-0.25, -0.2) is 0 Å². The number of hydrogen-bond acceptors (Lipinski definition) is 9. The standard InChI is InChI=1S/C18H19N5O4S/c1-11(20)13(8-19)15(24)9-27-17(25)10-28-18-22-21-12(2)23(18)14-6-4-5-7-16(14)26-3/h4-7H,9-10,20H2,1-3H3/b13-11-. The summed E-state index contributed by atoms with van der Waals surface area (Å²) in [5.41, 5.74) is 6.05. The molecule has 1 heterocycles. The minimum atomic E-state index is -0.645. The van der Waals surface area contributed by atoms with Crippen molar-refractivity contribution in [3.8, 4) is 17.5 Å². The van der Waals surface area contributed by atoms with Gasteiger partial charge in [-0.15, -0.1) is 10.2 Å². The number of hydrogen-bond donors (Lipinski definition) is 1. The van der Waals surface area contributed by atoms with Crippen molar-refractivity contribution in [1.29, 1.82) is 5.26 Å². The van der Waals surface area contributed by atoms with Crippen molar-refractivity contribution in [2.45, 2.75) is 19.0 Å². The summed E-state index contributed by atoms with van der Waals surface area (Å²) in [6.07, 6.45) is 0. The second kappa shape index (κ2) is 9.57. The Balaban J connectivity index is 2.05. The lowest BCUT2D eigenvalue weighted by atomic mass is 10.1. The largest absolute Gasteiger partial charge is 0.495 e. The Morgan fingerprint density at radius 2 is 2.04 bits per heavy atom. The van der Waals surface area contributed by atoms with Crippen LogP contribution in [0.3, 0.4) is 0 Å². The molecule has 0 saturated heterocycles. The first-order valence-electron chi connectivity index (χ1n) is 8.12. The van der Waals surface area contributed by atoms with Crippen molar-refractivity contribution >= 4 is 23.5 Å². The van der Waals surface area contributed by atoms with Crippen molar-refractivity contribution in [3.05, 3.63) is 41.4 Å². The van der Waals surface area contributed by atoms with Crippen molar-refractivity contribution in [1.82, 2.24) is 14.8 Å². The van der Waals surface area contributed by atoms with Gasteiger partial charge in [0.25, 0.3) is 0 Å². The number of carbonyl (C=O) groups is 2. The average molecular weight is 401 g/mol. The van der Waals surface area contributed by atoms with E-state index in [0.717, 1.165) is 17.4 Å². The highest BCUT2D eigenvalue weighted by Gasteiger charge is 2.18. The molecule has 0 atom stereocenters. The van der Waals surface area contributed by atoms with E-state index in [1.807, 2.05) is 24.3 Å². The number of nitriles is 1. The number of Topliss-reactive ketones (excluding diaryl/α,β-unsaturated/α-hetero) is 1. The van der Waals surface area contributed by atoms with E-state index in [4.69, 9.17) is 20.5 Å². The summed E-state index contributed by atoms with van der Waals surface area (Å²) in [5.74, 6) is -0.106. The van der Waals surface area contributed by atoms with Gasteiger partial charge in [-0.3, -0.25) is 14.2 Å². The number of nitrogens with zero attached hydrogens (tertiary/aromatic N) is 4. The molecule has 146 valence electrons. The maximum atomic E-state index is 12.0. The number of methoxy groups -OCH3 is 1. The minimum Gasteiger partial charge on any atom is -0.495 e. The van der Waals surface area contributed by atoms with E-state index < -0.39 is 18.4 Å². The smallest absolute Gasteiger partial charge is 0.316 e. The van der Waals surface area contributed by atoms with Crippen LogP contribution in [-0.4, -0.2) is 46.0 Å². The summed E-state index contributed by atoms with van der Waals surface area (Å²) >= 11 is 1.11. The molecule has 0 amide bonds. The SMILES string of the molecule is COc1ccccc1-n1c(C)nnc1SCC(=O)OCC(=O)/C(C#N)=C(/C)N. The molecule has 0 aliphatic rings. The van der Waals surface area contributed by atoms with Gasteiger partial charge in [0.1, 0.15) is 23.2 Å². The van der Waals surface area contributed by atoms with Crippen LogP contribution in [0.4, 0.5) is 0 Å². The van der Waals surface area contributed by atoms with Gasteiger partial charge in [0, 0.05) is 5.70 Å². The molecule has 0 spiro atoms. The normalized spacial score (nSPS) is 11.4. The second-order valence-corrected chi connectivity index (χ2v) is 6.52. The number of ketones is 1. The molecule has 1 aromatic heterocycles. The van der Waals surface area contributed by atoms with Crippen LogP contribution in [0.1, 0.15) is 12.7 Å². The Kier molecular flexibility index (Phi) is 7.17. The third-order valence-electron chi connectivity index (χ3n) is 3.59. The van der Waals surface area contributed by atoms with Crippen LogP contribution in [0.5, 0.6) is 5.75 Å². The topological polar surface area (TPSA) is 133 Å². The van der Waals surface area contributed by atoms with Crippen LogP contribution in [0, 0.1) is 18.3 Å². The van der Waals surface area contributed by atoms with Gasteiger partial charge in [0.15, 0.2) is 11.8 Å². The highest BCUT2D eigenvalue weighted by Crippen LogP contribution is 2.28. The quantitative estimate of drug-likeness (QED) is 0.302. The molecule has 1 aromatic carbocycles. The summed E-state index contributed by atoms with van der Waals surface area (Å²) in [7, 11) is 1.56. The number of carbonyl (C=O) groups excluding carboxylic acids is 2. The molecule has 2 aromatic rings. The molecular weight excluding hydrogens is 382 g/mol. The lowest BCUT2D eigenvalue weighted by molar-refractivity contribution is -0.144. The van der Waals surface area contributed by atoms with E-state index in [1.165, 1.54) is 6.92 Å². The van der Waals surface area contributed by atoms with Crippen molar-refractivity contribution < 1.29 is 19.1 Å². The molecule has 2 rings (SSSR count). The first kappa shape index (κ1) is 21.0. The third-order valence-corrected chi connectivity index (χ3v) is 4.49. The number of nitrogens with two attached hydrogens (primary N) is 1. The molecule has 9 nitrogen and oxygen atoms in total. The van der Waals surface area contributed by atoms with Crippen LogP contribution in [-0.2, 0) is 14.3 Å². The molecule has 0 fully saturated rings. The van der Waals surface area contributed by atoms with Gasteiger partial charge < -0.3 is 15.2 Å². The maximum absolute atomic E-state index is 12.0. The Labute approximate surface area is 166 Å². The molecule has 0 radical (unpaired) electrons. The number of thioether (sulfide) groups is 1. The molecule has 0 aliphatic carbocycles. The minimum absolute atomic E-state index is 0.0818. The Bertz CT molecular complexity index is 957. The Morgan fingerprint density at radius 1 is 1.32 bits per heavy atom. The Hall–Kier alpha value is -3.32. The number of ether oxygens (including phenoxy) is 2. The highest BCUT2D eigenvalue weighted by molar-refractivity contribution is 7.99. The molecule has 0 unspecified atom stereocenters. The molecule has 2 N–H and O–H groups in total. The highest BCUT2D eigenvalue weighted by atomic mass is 32.2. The number of para-hydroxylation sites is 2. The number of benzene rings is 1. The van der Waals surface area contributed by atoms with E-state index in [1.54, 1.807) is 24.7 Å². The fourth-order valence-electron chi connectivity index (χ4n) is 2.28. The van der Waals surface area contributed by atoms with Crippen molar-refractivity contribution in [3.63, 3.8) is 0 Å². The zero-order valence-corrected chi connectivity index (χ0v) is 16.4. The number of allylic oxidation sites excluding steroid dienone is 1. The molecule has 10 heteroatoms. The predicted octanol–water partition coefficient (Wildman–Crippen LogP) is 1.54. The van der Waals surface area contributed by atoms with Gasteiger partial charge in [0.05, 0.1) is 18.6 Å². The van der Waals surface area contributed by atoms with Crippen LogP contribution in [0.25, 0.3) is 5.69 Å². The summed E-state index contributed by atoms with van der Waals surface area (Å²) in [5, 5.41) is 17.5. The average Bonchev–Trinajstić information content (AvgIpc) is 3.05. The predicted molar refractivity (Wildman–Crippen MR) is 102 cm³/mol. The van der Waals surface area contributed by atoms with E-state index >= 15 is 0 Å². The zero-order chi connectivity index (χ0) is 20.7. The number of rotatable bonds is 8. The summed E-state index contributed by atoms with van der Waals surface area (Å²) in [6.45, 7) is 2.67. The fraction of sp³-hybridized carbons (Fsp3) is 0.278. The van der Waals surface area contributed by atoms with Gasteiger partial charge in [-0.2, -0.15) is 5.26 Å². The lowest BCUT2D eigenvalue weighted by Crippen LogP contribution is -2.18. The molecule has 0 saturated carbocycles. The van der Waals surface area contributed by atoms with Gasteiger partial charge >= 0.3 is 5.97 Å². The summed E-state index contributed by atoms with van der Waals surface area (Å²) in [6, 6.07) is 9.05. The van der Waals surface area contributed by atoms with Crippen LogP contribution >= 0.6 is 11.8 Å². The maximum Gasteiger partial charge on any atom is 0.316 e. The number of esters is 1. The summed E-state index contributed by atoms with van der Waals surface area (Å²) < 4.78 is 12.0. The van der Waals surface area contributed by atoms with Gasteiger partial charge in [-0.1, -0.05) is 23.9 Å². The van der Waals surface area contributed by atoms with E-state index in [2.05, 4.69) is 10.2 Å². The van der Waals surface area contributed by atoms with Crippen LogP contribution in [0.2, 0.25) is 0 Å². The first-order chi connectivity index (χ1) is 13.4. The van der Waals surface area contributed by atoms with Crippen molar-refractivity contribution in [2.24, 2.45) is 5.73 Å². The monoisotopic (exact) mass is 401 g/mol. The number of aryl methyl sites for hydroxylation is 1. The third kappa shape index (κ3) is 4.89. The molecular formula is C18H19N5O4S.